The van der Waals surface area contributed by atoms with Crippen LogP contribution in [-0.2, 0) is 10.0 Å². The molecule has 1 saturated carbocycles. The topological polar surface area (TPSA) is 70.0 Å². The molecule has 0 spiro atoms. The Bertz CT molecular complexity index is 608. The molecule has 0 heterocycles. The minimum absolute atomic E-state index is 0.00623. The molecule has 18 heavy (non-hydrogen) atoms. The first kappa shape index (κ1) is 13.8. The van der Waals surface area contributed by atoms with E-state index in [0.717, 1.165) is 12.8 Å². The normalized spacial score (nSPS) is 17.2. The highest BCUT2D eigenvalue weighted by molar-refractivity contribution is 9.10. The van der Waals surface area contributed by atoms with Crippen molar-refractivity contribution in [2.45, 2.75) is 23.8 Å². The Labute approximate surface area is 119 Å². The molecule has 1 aromatic rings. The lowest BCUT2D eigenvalue weighted by molar-refractivity contribution is 0.560. The predicted octanol–water partition coefficient (Wildman–Crippen LogP) is 2.68. The lowest BCUT2D eigenvalue weighted by Crippen LogP contribution is -2.35. The summed E-state index contributed by atoms with van der Waals surface area (Å²) in [4.78, 5) is -0.00623. The molecule has 1 aliphatic rings. The van der Waals surface area contributed by atoms with Crippen molar-refractivity contribution in [2.75, 3.05) is 0 Å². The lowest BCUT2D eigenvalue weighted by atomic mass is 10.2. The van der Waals surface area contributed by atoms with Gasteiger partial charge in [0.25, 0.3) is 0 Å². The van der Waals surface area contributed by atoms with E-state index in [1.165, 1.54) is 12.1 Å². The van der Waals surface area contributed by atoms with Crippen LogP contribution in [0.25, 0.3) is 0 Å². The number of hydrogen-bond acceptors (Lipinski definition) is 3. The molecular formula is C11H10BrClN2O2S. The second-order valence-corrected chi connectivity index (χ2v) is 7.15. The lowest BCUT2D eigenvalue weighted by Gasteiger charge is -2.12. The van der Waals surface area contributed by atoms with Crippen LogP contribution in [0, 0.1) is 17.2 Å². The van der Waals surface area contributed by atoms with Gasteiger partial charge in [-0.3, -0.25) is 0 Å². The number of sulfonamides is 1. The molecule has 0 radical (unpaired) electrons. The minimum Gasteiger partial charge on any atom is -0.207 e. The summed E-state index contributed by atoms with van der Waals surface area (Å²) in [6.45, 7) is 0. The monoisotopic (exact) mass is 348 g/mol. The zero-order chi connectivity index (χ0) is 13.3. The van der Waals surface area contributed by atoms with Crippen LogP contribution in [0.3, 0.4) is 0 Å². The van der Waals surface area contributed by atoms with Crippen molar-refractivity contribution < 1.29 is 8.42 Å². The smallest absolute Gasteiger partial charge is 0.207 e. The molecule has 1 aromatic carbocycles. The molecule has 4 nitrogen and oxygen atoms in total. The van der Waals surface area contributed by atoms with Crippen LogP contribution < -0.4 is 4.72 Å². The van der Waals surface area contributed by atoms with E-state index in [0.29, 0.717) is 4.47 Å². The third-order valence-corrected chi connectivity index (χ3v) is 5.12. The van der Waals surface area contributed by atoms with Gasteiger partial charge in [-0.05, 0) is 37.0 Å². The first-order valence-corrected chi connectivity index (χ1v) is 7.96. The van der Waals surface area contributed by atoms with E-state index in [9.17, 15) is 8.42 Å². The molecule has 1 N–H and O–H groups in total. The van der Waals surface area contributed by atoms with E-state index in [4.69, 9.17) is 16.9 Å². The number of rotatable bonds is 4. The molecule has 2 rings (SSSR count). The van der Waals surface area contributed by atoms with Crippen molar-refractivity contribution in [2.24, 2.45) is 5.92 Å². The molecule has 1 atom stereocenters. The number of nitrogens with zero attached hydrogens (tertiary/aromatic N) is 1. The van der Waals surface area contributed by atoms with Gasteiger partial charge in [-0.15, -0.1) is 0 Å². The van der Waals surface area contributed by atoms with Gasteiger partial charge in [0.1, 0.15) is 10.9 Å². The molecule has 7 heteroatoms. The van der Waals surface area contributed by atoms with Crippen LogP contribution in [0.1, 0.15) is 12.8 Å². The maximum atomic E-state index is 12.1. The van der Waals surface area contributed by atoms with Crippen LogP contribution in [0.4, 0.5) is 0 Å². The summed E-state index contributed by atoms with van der Waals surface area (Å²) in [5.41, 5.74) is 0. The predicted molar refractivity (Wildman–Crippen MR) is 71.6 cm³/mol. The Kier molecular flexibility index (Phi) is 3.97. The molecule has 1 unspecified atom stereocenters. The Hall–Kier alpha value is -0.610. The second-order valence-electron chi connectivity index (χ2n) is 4.14. The molecule has 0 bridgehead atoms. The molecule has 0 amide bonds. The van der Waals surface area contributed by atoms with Crippen LogP contribution in [0.15, 0.2) is 27.6 Å². The van der Waals surface area contributed by atoms with Crippen molar-refractivity contribution in [3.63, 3.8) is 0 Å². The third kappa shape index (κ3) is 3.04. The third-order valence-electron chi connectivity index (χ3n) is 2.70. The Morgan fingerprint density at radius 1 is 1.50 bits per heavy atom. The van der Waals surface area contributed by atoms with Crippen molar-refractivity contribution in [1.29, 1.82) is 5.26 Å². The quantitative estimate of drug-likeness (QED) is 0.908. The fraction of sp³-hybridized carbons (Fsp3) is 0.364. The molecule has 1 fully saturated rings. The Balaban J connectivity index is 2.27. The maximum Gasteiger partial charge on any atom is 0.243 e. The van der Waals surface area contributed by atoms with Gasteiger partial charge in [-0.1, -0.05) is 27.5 Å². The van der Waals surface area contributed by atoms with Crippen LogP contribution in [0.2, 0.25) is 5.02 Å². The van der Waals surface area contributed by atoms with E-state index in [2.05, 4.69) is 20.7 Å². The van der Waals surface area contributed by atoms with Crippen molar-refractivity contribution in [1.82, 2.24) is 4.72 Å². The first-order chi connectivity index (χ1) is 8.44. The Morgan fingerprint density at radius 3 is 2.67 bits per heavy atom. The summed E-state index contributed by atoms with van der Waals surface area (Å²) in [6, 6.07) is 5.82. The number of hydrogen-bond donors (Lipinski definition) is 1. The van der Waals surface area contributed by atoms with E-state index in [-0.39, 0.29) is 15.8 Å². The van der Waals surface area contributed by atoms with Crippen LogP contribution >= 0.6 is 27.5 Å². The molecule has 0 saturated heterocycles. The van der Waals surface area contributed by atoms with Gasteiger partial charge in [0.2, 0.25) is 10.0 Å². The van der Waals surface area contributed by atoms with Gasteiger partial charge in [-0.25, -0.2) is 8.42 Å². The van der Waals surface area contributed by atoms with Crippen molar-refractivity contribution in [3.05, 3.63) is 27.7 Å². The number of nitrogens with one attached hydrogen (secondary N) is 1. The van der Waals surface area contributed by atoms with Gasteiger partial charge >= 0.3 is 0 Å². The van der Waals surface area contributed by atoms with E-state index < -0.39 is 16.1 Å². The molecular weight excluding hydrogens is 340 g/mol. The minimum atomic E-state index is -3.75. The highest BCUT2D eigenvalue weighted by Gasteiger charge is 2.34. The van der Waals surface area contributed by atoms with E-state index in [1.54, 1.807) is 6.07 Å². The van der Waals surface area contributed by atoms with Crippen molar-refractivity contribution >= 4 is 37.6 Å². The zero-order valence-corrected chi connectivity index (χ0v) is 12.4. The summed E-state index contributed by atoms with van der Waals surface area (Å²) < 4.78 is 27.3. The standard InChI is InChI=1S/C11H10BrClN2O2S/c12-8-3-4-11(9(13)5-8)18(16,17)15-10(6-14)7-1-2-7/h3-5,7,10,15H,1-2H2. The van der Waals surface area contributed by atoms with Gasteiger partial charge in [0.15, 0.2) is 0 Å². The van der Waals surface area contributed by atoms with Gasteiger partial charge in [-0.2, -0.15) is 9.98 Å². The highest BCUT2D eigenvalue weighted by Crippen LogP contribution is 2.33. The van der Waals surface area contributed by atoms with Crippen LogP contribution in [0.5, 0.6) is 0 Å². The number of halogens is 2. The summed E-state index contributed by atoms with van der Waals surface area (Å²) >= 11 is 9.11. The summed E-state index contributed by atoms with van der Waals surface area (Å²) in [7, 11) is -3.75. The number of benzene rings is 1. The largest absolute Gasteiger partial charge is 0.243 e. The Morgan fingerprint density at radius 2 is 2.17 bits per heavy atom. The van der Waals surface area contributed by atoms with Crippen LogP contribution in [-0.4, -0.2) is 14.5 Å². The average Bonchev–Trinajstić information content (AvgIpc) is 3.09. The van der Waals surface area contributed by atoms with E-state index in [1.807, 2.05) is 6.07 Å². The second kappa shape index (κ2) is 5.17. The van der Waals surface area contributed by atoms with Gasteiger partial charge in [0.05, 0.1) is 11.1 Å². The molecule has 0 aromatic heterocycles. The average molecular weight is 350 g/mol. The summed E-state index contributed by atoms with van der Waals surface area (Å²) in [5, 5.41) is 9.07. The number of nitriles is 1. The fourth-order valence-electron chi connectivity index (χ4n) is 1.58. The SMILES string of the molecule is N#CC(NS(=O)(=O)c1ccc(Br)cc1Cl)C1CC1. The maximum absolute atomic E-state index is 12.1. The highest BCUT2D eigenvalue weighted by atomic mass is 79.9. The van der Waals surface area contributed by atoms with Crippen molar-refractivity contribution in [3.8, 4) is 6.07 Å². The molecule has 96 valence electrons. The fourth-order valence-corrected chi connectivity index (χ4v) is 3.83. The first-order valence-electron chi connectivity index (χ1n) is 5.31. The van der Waals surface area contributed by atoms with Gasteiger partial charge in [0, 0.05) is 4.47 Å². The zero-order valence-electron chi connectivity index (χ0n) is 9.23. The van der Waals surface area contributed by atoms with E-state index >= 15 is 0 Å². The summed E-state index contributed by atoms with van der Waals surface area (Å²) in [5.74, 6) is 0.124. The van der Waals surface area contributed by atoms with Gasteiger partial charge < -0.3 is 0 Å². The summed E-state index contributed by atoms with van der Waals surface area (Å²) in [6.07, 6.45) is 1.77. The molecule has 0 aliphatic heterocycles. The molecule has 1 aliphatic carbocycles.